The maximum atomic E-state index is 12.4. The van der Waals surface area contributed by atoms with Crippen molar-refractivity contribution in [3.8, 4) is 0 Å². The van der Waals surface area contributed by atoms with Crippen molar-refractivity contribution in [2.24, 2.45) is 11.8 Å². The molecule has 0 aromatic carbocycles. The SMILES string of the molecule is CCCCCCCCN1C(=O)[C@@H]2[C@H](C1=O)[C@@H]1CC[C@H]2O1. The lowest BCUT2D eigenvalue weighted by atomic mass is 9.81. The molecule has 3 fully saturated rings. The van der Waals surface area contributed by atoms with Gasteiger partial charge in [0.15, 0.2) is 0 Å². The van der Waals surface area contributed by atoms with Crippen molar-refractivity contribution >= 4 is 11.8 Å². The zero-order chi connectivity index (χ0) is 14.1. The van der Waals surface area contributed by atoms with Crippen LogP contribution in [0.2, 0.25) is 0 Å². The van der Waals surface area contributed by atoms with Crippen molar-refractivity contribution in [3.63, 3.8) is 0 Å². The lowest BCUT2D eigenvalue weighted by Gasteiger charge is -2.17. The van der Waals surface area contributed by atoms with Gasteiger partial charge >= 0.3 is 0 Å². The number of hydrogen-bond donors (Lipinski definition) is 0. The number of ether oxygens (including phenoxy) is 1. The molecule has 3 saturated heterocycles. The average molecular weight is 279 g/mol. The number of fused-ring (bicyclic) bond motifs is 5. The Bertz CT molecular complexity index is 367. The van der Waals surface area contributed by atoms with Crippen LogP contribution in [0, 0.1) is 11.8 Å². The average Bonchev–Trinajstić information content (AvgIpc) is 3.11. The van der Waals surface area contributed by atoms with Crippen molar-refractivity contribution in [1.29, 1.82) is 0 Å². The van der Waals surface area contributed by atoms with Crippen molar-refractivity contribution in [1.82, 2.24) is 4.90 Å². The molecule has 3 aliphatic heterocycles. The highest BCUT2D eigenvalue weighted by Crippen LogP contribution is 2.48. The number of carbonyl (C=O) groups excluding carboxylic acids is 2. The molecule has 0 unspecified atom stereocenters. The van der Waals surface area contributed by atoms with E-state index in [1.54, 1.807) is 0 Å². The number of carbonyl (C=O) groups is 2. The third kappa shape index (κ3) is 2.28. The first-order valence-corrected chi connectivity index (χ1v) is 8.24. The van der Waals surface area contributed by atoms with Crippen LogP contribution in [-0.4, -0.2) is 35.5 Å². The Balaban J connectivity index is 1.49. The minimum absolute atomic E-state index is 0.0241. The number of rotatable bonds is 7. The quantitative estimate of drug-likeness (QED) is 0.531. The number of imide groups is 1. The molecule has 0 aromatic heterocycles. The van der Waals surface area contributed by atoms with Crippen LogP contribution in [0.25, 0.3) is 0 Å². The van der Waals surface area contributed by atoms with Gasteiger partial charge in [0.2, 0.25) is 11.8 Å². The molecule has 20 heavy (non-hydrogen) atoms. The van der Waals surface area contributed by atoms with Crippen molar-refractivity contribution in [2.45, 2.75) is 70.5 Å². The summed E-state index contributed by atoms with van der Waals surface area (Å²) >= 11 is 0. The number of hydrogen-bond acceptors (Lipinski definition) is 3. The van der Waals surface area contributed by atoms with Gasteiger partial charge in [-0.05, 0) is 19.3 Å². The fraction of sp³-hybridized carbons (Fsp3) is 0.875. The first kappa shape index (κ1) is 14.1. The molecule has 112 valence electrons. The molecule has 2 amide bonds. The summed E-state index contributed by atoms with van der Waals surface area (Å²) in [7, 11) is 0. The Morgan fingerprint density at radius 2 is 1.50 bits per heavy atom. The zero-order valence-electron chi connectivity index (χ0n) is 12.3. The van der Waals surface area contributed by atoms with Crippen LogP contribution < -0.4 is 0 Å². The molecule has 0 radical (unpaired) electrons. The smallest absolute Gasteiger partial charge is 0.235 e. The molecule has 2 bridgehead atoms. The molecule has 0 aromatic rings. The minimum atomic E-state index is -0.152. The molecule has 0 spiro atoms. The van der Waals surface area contributed by atoms with Crippen LogP contribution in [0.5, 0.6) is 0 Å². The topological polar surface area (TPSA) is 46.6 Å². The number of nitrogens with zero attached hydrogens (tertiary/aromatic N) is 1. The summed E-state index contributed by atoms with van der Waals surface area (Å²) < 4.78 is 5.73. The van der Waals surface area contributed by atoms with Gasteiger partial charge in [-0.25, -0.2) is 0 Å². The minimum Gasteiger partial charge on any atom is -0.373 e. The van der Waals surface area contributed by atoms with Crippen molar-refractivity contribution in [3.05, 3.63) is 0 Å². The monoisotopic (exact) mass is 279 g/mol. The Kier molecular flexibility index (Phi) is 4.11. The molecular formula is C16H25NO3. The molecule has 0 aliphatic carbocycles. The van der Waals surface area contributed by atoms with E-state index in [2.05, 4.69) is 6.92 Å². The van der Waals surface area contributed by atoms with Gasteiger partial charge in [-0.15, -0.1) is 0 Å². The van der Waals surface area contributed by atoms with Crippen LogP contribution in [0.15, 0.2) is 0 Å². The van der Waals surface area contributed by atoms with E-state index < -0.39 is 0 Å². The standard InChI is InChI=1S/C16H25NO3/c1-2-3-4-5-6-7-10-17-15(18)13-11-8-9-12(20-11)14(13)16(17)19/h11-14H,2-10H2,1H3/t11-,12+,13+,14-. The predicted octanol–water partition coefficient (Wildman–Crippen LogP) is 2.51. The van der Waals surface area contributed by atoms with Gasteiger partial charge in [-0.1, -0.05) is 39.0 Å². The Labute approximate surface area is 120 Å². The summed E-state index contributed by atoms with van der Waals surface area (Å²) in [6.07, 6.45) is 9.04. The van der Waals surface area contributed by atoms with Gasteiger partial charge in [-0.3, -0.25) is 14.5 Å². The van der Waals surface area contributed by atoms with E-state index in [4.69, 9.17) is 4.74 Å². The summed E-state index contributed by atoms with van der Waals surface area (Å²) in [5.74, 6) is -0.218. The van der Waals surface area contributed by atoms with Crippen LogP contribution in [0.1, 0.15) is 58.3 Å². The predicted molar refractivity (Wildman–Crippen MR) is 75.0 cm³/mol. The normalized spacial score (nSPS) is 35.1. The van der Waals surface area contributed by atoms with Crippen molar-refractivity contribution < 1.29 is 14.3 Å². The molecule has 4 heteroatoms. The van der Waals surface area contributed by atoms with E-state index >= 15 is 0 Å². The number of likely N-dealkylation sites (tertiary alicyclic amines) is 1. The first-order chi connectivity index (χ1) is 9.74. The zero-order valence-corrected chi connectivity index (χ0v) is 12.3. The van der Waals surface area contributed by atoms with Gasteiger partial charge in [0.1, 0.15) is 0 Å². The van der Waals surface area contributed by atoms with Crippen LogP contribution in [0.4, 0.5) is 0 Å². The van der Waals surface area contributed by atoms with Gasteiger partial charge in [-0.2, -0.15) is 0 Å². The largest absolute Gasteiger partial charge is 0.373 e. The second-order valence-corrected chi connectivity index (χ2v) is 6.44. The van der Waals surface area contributed by atoms with E-state index in [0.29, 0.717) is 6.54 Å². The van der Waals surface area contributed by atoms with E-state index in [0.717, 1.165) is 25.7 Å². The Morgan fingerprint density at radius 3 is 2.10 bits per heavy atom. The highest BCUT2D eigenvalue weighted by molar-refractivity contribution is 6.06. The van der Waals surface area contributed by atoms with Crippen LogP contribution >= 0.6 is 0 Å². The summed E-state index contributed by atoms with van der Waals surface area (Å²) in [5.41, 5.74) is 0. The van der Waals surface area contributed by atoms with Gasteiger partial charge in [0.05, 0.1) is 24.0 Å². The highest BCUT2D eigenvalue weighted by atomic mass is 16.5. The third-order valence-corrected chi connectivity index (χ3v) is 5.11. The fourth-order valence-corrected chi connectivity index (χ4v) is 4.04. The van der Waals surface area contributed by atoms with Gasteiger partial charge < -0.3 is 4.74 Å². The van der Waals surface area contributed by atoms with Crippen LogP contribution in [0.3, 0.4) is 0 Å². The fourth-order valence-electron chi connectivity index (χ4n) is 4.04. The molecule has 0 saturated carbocycles. The Hall–Kier alpha value is -0.900. The lowest BCUT2D eigenvalue weighted by molar-refractivity contribution is -0.142. The third-order valence-electron chi connectivity index (χ3n) is 5.11. The highest BCUT2D eigenvalue weighted by Gasteiger charge is 2.62. The summed E-state index contributed by atoms with van der Waals surface area (Å²) in [6.45, 7) is 2.83. The first-order valence-electron chi connectivity index (χ1n) is 8.24. The molecule has 3 heterocycles. The molecule has 4 atom stereocenters. The van der Waals surface area contributed by atoms with Gasteiger partial charge in [0.25, 0.3) is 0 Å². The van der Waals surface area contributed by atoms with E-state index in [9.17, 15) is 9.59 Å². The second-order valence-electron chi connectivity index (χ2n) is 6.44. The molecule has 3 rings (SSSR count). The molecule has 3 aliphatic rings. The molecule has 0 N–H and O–H groups in total. The van der Waals surface area contributed by atoms with Crippen LogP contribution in [-0.2, 0) is 14.3 Å². The Morgan fingerprint density at radius 1 is 0.950 bits per heavy atom. The maximum Gasteiger partial charge on any atom is 0.235 e. The van der Waals surface area contributed by atoms with E-state index in [-0.39, 0.29) is 35.9 Å². The number of amides is 2. The summed E-state index contributed by atoms with van der Waals surface area (Å²) in [6, 6.07) is 0. The summed E-state index contributed by atoms with van der Waals surface area (Å²) in [5, 5.41) is 0. The van der Waals surface area contributed by atoms with E-state index in [1.807, 2.05) is 0 Å². The molecule has 4 nitrogen and oxygen atoms in total. The number of unbranched alkanes of at least 4 members (excludes halogenated alkanes) is 5. The van der Waals surface area contributed by atoms with Gasteiger partial charge in [0, 0.05) is 6.54 Å². The van der Waals surface area contributed by atoms with Crippen molar-refractivity contribution in [2.75, 3.05) is 6.54 Å². The molecular weight excluding hydrogens is 254 g/mol. The van der Waals surface area contributed by atoms with E-state index in [1.165, 1.54) is 30.6 Å². The summed E-state index contributed by atoms with van der Waals surface area (Å²) in [4.78, 5) is 26.3. The second kappa shape index (κ2) is 5.84. The lowest BCUT2D eigenvalue weighted by Crippen LogP contribution is -2.35. The maximum absolute atomic E-state index is 12.4.